The van der Waals surface area contributed by atoms with E-state index in [9.17, 15) is 4.79 Å². The fraction of sp³-hybridized carbons (Fsp3) is 0.500. The van der Waals surface area contributed by atoms with E-state index in [-0.39, 0.29) is 6.09 Å². The number of aromatic nitrogens is 1. The van der Waals surface area contributed by atoms with Gasteiger partial charge >= 0.3 is 6.09 Å². The average Bonchev–Trinajstić information content (AvgIpc) is 2.85. The average molecular weight is 357 g/mol. The normalized spacial score (nSPS) is 15.7. The zero-order valence-corrected chi connectivity index (χ0v) is 16.0. The number of hydrogen-bond donors (Lipinski definition) is 0. The molecule has 0 saturated carbocycles. The molecule has 1 fully saturated rings. The molecule has 1 aliphatic rings. The van der Waals surface area contributed by atoms with E-state index in [1.165, 1.54) is 0 Å². The van der Waals surface area contributed by atoms with E-state index in [1.54, 1.807) is 18.2 Å². The van der Waals surface area contributed by atoms with Crippen molar-refractivity contribution in [3.63, 3.8) is 0 Å². The fourth-order valence-corrected chi connectivity index (χ4v) is 3.27. The molecule has 26 heavy (non-hydrogen) atoms. The third-order valence-electron chi connectivity index (χ3n) is 4.44. The molecule has 0 spiro atoms. The highest BCUT2D eigenvalue weighted by atomic mass is 16.6. The molecule has 0 N–H and O–H groups in total. The molecule has 2 aromatic rings. The standard InChI is InChI=1S/C20H27N3O3/c1-20(2,3)26-19(24)23-11-5-10-22(12-13-23)18-16-8-9-21-14-15(16)6-7-17(18)25-4/h6-9,14H,5,10-13H2,1-4H3. The Balaban J connectivity index is 1.83. The fourth-order valence-electron chi connectivity index (χ4n) is 3.27. The molecule has 0 atom stereocenters. The SMILES string of the molecule is COc1ccc2cnccc2c1N1CCCN(C(=O)OC(C)(C)C)CC1. The molecule has 6 nitrogen and oxygen atoms in total. The van der Waals surface area contributed by atoms with Gasteiger partial charge in [0.1, 0.15) is 11.4 Å². The second-order valence-electron chi connectivity index (χ2n) is 7.52. The number of hydrogen-bond acceptors (Lipinski definition) is 5. The van der Waals surface area contributed by atoms with Crippen molar-refractivity contribution in [1.82, 2.24) is 9.88 Å². The van der Waals surface area contributed by atoms with Gasteiger partial charge in [0.05, 0.1) is 12.8 Å². The highest BCUT2D eigenvalue weighted by molar-refractivity contribution is 5.97. The highest BCUT2D eigenvalue weighted by Crippen LogP contribution is 2.36. The molecule has 1 aromatic carbocycles. The van der Waals surface area contributed by atoms with Gasteiger partial charge < -0.3 is 19.3 Å². The first-order valence-electron chi connectivity index (χ1n) is 9.02. The quantitative estimate of drug-likeness (QED) is 0.820. The number of nitrogens with zero attached hydrogens (tertiary/aromatic N) is 3. The minimum absolute atomic E-state index is 0.242. The summed E-state index contributed by atoms with van der Waals surface area (Å²) in [5.74, 6) is 0.842. The Morgan fingerprint density at radius 1 is 1.12 bits per heavy atom. The number of carbonyl (C=O) groups is 1. The van der Waals surface area contributed by atoms with Crippen molar-refractivity contribution >= 4 is 22.6 Å². The molecule has 1 aliphatic heterocycles. The third kappa shape index (κ3) is 4.00. The third-order valence-corrected chi connectivity index (χ3v) is 4.44. The van der Waals surface area contributed by atoms with Gasteiger partial charge in [-0.3, -0.25) is 4.98 Å². The van der Waals surface area contributed by atoms with Crippen molar-refractivity contribution in [3.8, 4) is 5.75 Å². The van der Waals surface area contributed by atoms with Crippen LogP contribution in [0.3, 0.4) is 0 Å². The lowest BCUT2D eigenvalue weighted by Gasteiger charge is -2.28. The van der Waals surface area contributed by atoms with Crippen LogP contribution in [-0.4, -0.2) is 54.9 Å². The Bertz CT molecular complexity index is 785. The van der Waals surface area contributed by atoms with Crippen LogP contribution in [0.25, 0.3) is 10.8 Å². The van der Waals surface area contributed by atoms with Gasteiger partial charge in [-0.1, -0.05) is 0 Å². The predicted octanol–water partition coefficient (Wildman–Crippen LogP) is 3.69. The second-order valence-corrected chi connectivity index (χ2v) is 7.52. The van der Waals surface area contributed by atoms with Crippen molar-refractivity contribution in [1.29, 1.82) is 0 Å². The zero-order chi connectivity index (χ0) is 18.7. The van der Waals surface area contributed by atoms with E-state index < -0.39 is 5.60 Å². The summed E-state index contributed by atoms with van der Waals surface area (Å²) < 4.78 is 11.1. The van der Waals surface area contributed by atoms with Crippen LogP contribution >= 0.6 is 0 Å². The van der Waals surface area contributed by atoms with Gasteiger partial charge in [-0.15, -0.1) is 0 Å². The van der Waals surface area contributed by atoms with E-state index in [0.29, 0.717) is 13.1 Å². The monoisotopic (exact) mass is 357 g/mol. The van der Waals surface area contributed by atoms with Gasteiger partial charge in [-0.25, -0.2) is 4.79 Å². The van der Waals surface area contributed by atoms with Gasteiger partial charge in [-0.2, -0.15) is 0 Å². The molecule has 3 rings (SSSR count). The lowest BCUT2D eigenvalue weighted by molar-refractivity contribution is 0.0263. The van der Waals surface area contributed by atoms with Crippen LogP contribution in [0.5, 0.6) is 5.75 Å². The van der Waals surface area contributed by atoms with Crippen molar-refractivity contribution < 1.29 is 14.3 Å². The van der Waals surface area contributed by atoms with E-state index in [2.05, 4.69) is 9.88 Å². The van der Waals surface area contributed by atoms with Gasteiger partial charge in [0.25, 0.3) is 0 Å². The molecule has 0 aliphatic carbocycles. The maximum atomic E-state index is 12.4. The molecule has 1 saturated heterocycles. The van der Waals surface area contributed by atoms with E-state index >= 15 is 0 Å². The minimum atomic E-state index is -0.477. The smallest absolute Gasteiger partial charge is 0.410 e. The second kappa shape index (κ2) is 7.40. The number of pyridine rings is 1. The van der Waals surface area contributed by atoms with Crippen LogP contribution in [0.2, 0.25) is 0 Å². The summed E-state index contributed by atoms with van der Waals surface area (Å²) in [5.41, 5.74) is 0.591. The summed E-state index contributed by atoms with van der Waals surface area (Å²) in [7, 11) is 1.69. The first kappa shape index (κ1) is 18.3. The maximum absolute atomic E-state index is 12.4. The Labute approximate surface area is 154 Å². The molecule has 2 heterocycles. The van der Waals surface area contributed by atoms with Crippen LogP contribution in [0.1, 0.15) is 27.2 Å². The molecular weight excluding hydrogens is 330 g/mol. The Morgan fingerprint density at radius 2 is 1.92 bits per heavy atom. The van der Waals surface area contributed by atoms with Gasteiger partial charge in [0.15, 0.2) is 0 Å². The van der Waals surface area contributed by atoms with Crippen LogP contribution in [-0.2, 0) is 4.74 Å². The van der Waals surface area contributed by atoms with Crippen LogP contribution < -0.4 is 9.64 Å². The minimum Gasteiger partial charge on any atom is -0.495 e. The number of anilines is 1. The Hall–Kier alpha value is -2.50. The molecule has 1 amide bonds. The number of methoxy groups -OCH3 is 1. The van der Waals surface area contributed by atoms with E-state index in [0.717, 1.165) is 41.7 Å². The van der Waals surface area contributed by atoms with E-state index in [1.807, 2.05) is 45.2 Å². The number of ether oxygens (including phenoxy) is 2. The molecule has 6 heteroatoms. The Kier molecular flexibility index (Phi) is 5.20. The topological polar surface area (TPSA) is 54.9 Å². The first-order valence-corrected chi connectivity index (χ1v) is 9.02. The summed E-state index contributed by atoms with van der Waals surface area (Å²) in [4.78, 5) is 20.7. The molecular formula is C20H27N3O3. The number of amides is 1. The van der Waals surface area contributed by atoms with Gasteiger partial charge in [0, 0.05) is 49.3 Å². The lowest BCUT2D eigenvalue weighted by Crippen LogP contribution is -2.39. The predicted molar refractivity (Wildman–Crippen MR) is 103 cm³/mol. The van der Waals surface area contributed by atoms with Crippen molar-refractivity contribution in [2.75, 3.05) is 38.2 Å². The number of rotatable bonds is 2. The lowest BCUT2D eigenvalue weighted by atomic mass is 10.1. The van der Waals surface area contributed by atoms with E-state index in [4.69, 9.17) is 9.47 Å². The summed E-state index contributed by atoms with van der Waals surface area (Å²) in [5, 5.41) is 2.20. The summed E-state index contributed by atoms with van der Waals surface area (Å²) in [6.45, 7) is 8.59. The van der Waals surface area contributed by atoms with Gasteiger partial charge in [0.2, 0.25) is 0 Å². The summed E-state index contributed by atoms with van der Waals surface area (Å²) >= 11 is 0. The molecule has 140 valence electrons. The van der Waals surface area contributed by atoms with Crippen molar-refractivity contribution in [3.05, 3.63) is 30.6 Å². The molecule has 0 radical (unpaired) electrons. The molecule has 0 unspecified atom stereocenters. The largest absolute Gasteiger partial charge is 0.495 e. The number of carbonyl (C=O) groups excluding carboxylic acids is 1. The maximum Gasteiger partial charge on any atom is 0.410 e. The first-order chi connectivity index (χ1) is 12.4. The van der Waals surface area contributed by atoms with Crippen LogP contribution in [0.15, 0.2) is 30.6 Å². The summed E-state index contributed by atoms with van der Waals surface area (Å²) in [6.07, 6.45) is 4.30. The van der Waals surface area contributed by atoms with Crippen molar-refractivity contribution in [2.45, 2.75) is 32.8 Å². The summed E-state index contributed by atoms with van der Waals surface area (Å²) in [6, 6.07) is 6.02. The molecule has 0 bridgehead atoms. The van der Waals surface area contributed by atoms with Gasteiger partial charge in [-0.05, 0) is 45.4 Å². The molecule has 1 aromatic heterocycles. The van der Waals surface area contributed by atoms with Crippen molar-refractivity contribution in [2.24, 2.45) is 0 Å². The number of fused-ring (bicyclic) bond motifs is 1. The number of benzene rings is 1. The zero-order valence-electron chi connectivity index (χ0n) is 16.0. The highest BCUT2D eigenvalue weighted by Gasteiger charge is 2.26. The van der Waals surface area contributed by atoms with Crippen LogP contribution in [0, 0.1) is 0 Å². The van der Waals surface area contributed by atoms with Crippen LogP contribution in [0.4, 0.5) is 10.5 Å². The Morgan fingerprint density at radius 3 is 2.65 bits per heavy atom.